The minimum Gasteiger partial charge on any atom is -0.407 e. The Morgan fingerprint density at radius 3 is 1.89 bits per heavy atom. The van der Waals surface area contributed by atoms with E-state index in [1.54, 1.807) is 0 Å². The normalized spacial score (nSPS) is 19.5. The van der Waals surface area contributed by atoms with Gasteiger partial charge in [-0.2, -0.15) is 0 Å². The van der Waals surface area contributed by atoms with E-state index in [-0.39, 0.29) is 7.12 Å². The van der Waals surface area contributed by atoms with Crippen LogP contribution < -0.4 is 5.46 Å². The van der Waals surface area contributed by atoms with Crippen molar-refractivity contribution < 1.29 is 9.31 Å². The summed E-state index contributed by atoms with van der Waals surface area (Å²) in [6.07, 6.45) is 8.82. The van der Waals surface area contributed by atoms with E-state index in [1.807, 2.05) is 18.2 Å². The van der Waals surface area contributed by atoms with E-state index in [0.29, 0.717) is 0 Å². The first kappa shape index (κ1) is 15.1. The Labute approximate surface area is 125 Å². The molecule has 1 aliphatic rings. The molecular formula is C15H22BBrO2. The molecule has 2 nitrogen and oxygen atoms in total. The highest BCUT2D eigenvalue weighted by Gasteiger charge is 2.23. The average molecular weight is 325 g/mol. The van der Waals surface area contributed by atoms with Crippen molar-refractivity contribution >= 4 is 28.5 Å². The lowest BCUT2D eigenvalue weighted by Crippen LogP contribution is -2.38. The Morgan fingerprint density at radius 1 is 0.789 bits per heavy atom. The van der Waals surface area contributed by atoms with Crippen LogP contribution in [0.3, 0.4) is 0 Å². The largest absolute Gasteiger partial charge is 0.495 e. The lowest BCUT2D eigenvalue weighted by molar-refractivity contribution is 0.197. The minimum atomic E-state index is -0.227. The number of hydrogen-bond acceptors (Lipinski definition) is 2. The van der Waals surface area contributed by atoms with Crippen LogP contribution in [0.15, 0.2) is 28.7 Å². The second kappa shape index (κ2) is 8.78. The van der Waals surface area contributed by atoms with Crippen LogP contribution in [0.1, 0.15) is 44.9 Å². The van der Waals surface area contributed by atoms with Gasteiger partial charge in [0.2, 0.25) is 0 Å². The van der Waals surface area contributed by atoms with E-state index in [9.17, 15) is 0 Å². The van der Waals surface area contributed by atoms with Crippen molar-refractivity contribution in [1.29, 1.82) is 0 Å². The highest BCUT2D eigenvalue weighted by Crippen LogP contribution is 2.12. The predicted octanol–water partition coefficient (Wildman–Crippen LogP) is 3.92. The third-order valence-electron chi connectivity index (χ3n) is 3.49. The minimum absolute atomic E-state index is 0.227. The van der Waals surface area contributed by atoms with Crippen molar-refractivity contribution in [2.24, 2.45) is 0 Å². The Hall–Kier alpha value is -0.315. The van der Waals surface area contributed by atoms with Crippen molar-refractivity contribution in [3.05, 3.63) is 28.7 Å². The summed E-state index contributed by atoms with van der Waals surface area (Å²) >= 11 is 3.58. The summed E-state index contributed by atoms with van der Waals surface area (Å²) in [6.45, 7) is 1.57. The molecule has 0 atom stereocenters. The Kier molecular flexibility index (Phi) is 6.97. The summed E-state index contributed by atoms with van der Waals surface area (Å²) in [4.78, 5) is 0. The number of rotatable bonds is 1. The fourth-order valence-corrected chi connectivity index (χ4v) is 2.83. The van der Waals surface area contributed by atoms with Crippen molar-refractivity contribution in [1.82, 2.24) is 0 Å². The highest BCUT2D eigenvalue weighted by atomic mass is 79.9. The second-order valence-electron chi connectivity index (χ2n) is 5.07. The molecule has 0 saturated carbocycles. The van der Waals surface area contributed by atoms with Crippen LogP contribution in [0.4, 0.5) is 0 Å². The van der Waals surface area contributed by atoms with Crippen molar-refractivity contribution in [2.75, 3.05) is 13.2 Å². The molecule has 1 heterocycles. The van der Waals surface area contributed by atoms with Crippen molar-refractivity contribution in [3.8, 4) is 0 Å². The SMILES string of the molecule is Brc1ccccc1B1OCCCCCCCCCO1. The molecule has 1 aromatic carbocycles. The fourth-order valence-electron chi connectivity index (χ4n) is 2.36. The quantitative estimate of drug-likeness (QED) is 0.729. The van der Waals surface area contributed by atoms with Gasteiger partial charge in [-0.25, -0.2) is 0 Å². The maximum atomic E-state index is 5.93. The van der Waals surface area contributed by atoms with Crippen LogP contribution >= 0.6 is 15.9 Å². The number of benzene rings is 1. The summed E-state index contributed by atoms with van der Waals surface area (Å²) in [7, 11) is -0.227. The zero-order chi connectivity index (χ0) is 13.3. The van der Waals surface area contributed by atoms with Gasteiger partial charge in [0.05, 0.1) is 0 Å². The fraction of sp³-hybridized carbons (Fsp3) is 0.600. The maximum Gasteiger partial charge on any atom is 0.495 e. The molecule has 0 bridgehead atoms. The number of hydrogen-bond donors (Lipinski definition) is 0. The van der Waals surface area contributed by atoms with Crippen molar-refractivity contribution in [2.45, 2.75) is 44.9 Å². The molecule has 104 valence electrons. The van der Waals surface area contributed by atoms with E-state index >= 15 is 0 Å². The standard InChI is InChI=1S/C15H22BBrO2/c17-15-11-7-6-10-14(15)16-18-12-8-4-2-1-3-5-9-13-19-16/h6-7,10-11H,1-5,8-9,12-13H2. The van der Waals surface area contributed by atoms with Gasteiger partial charge in [-0.3, -0.25) is 0 Å². The van der Waals surface area contributed by atoms with Crippen LogP contribution in [0, 0.1) is 0 Å². The Morgan fingerprint density at radius 2 is 1.32 bits per heavy atom. The molecule has 1 saturated heterocycles. The topological polar surface area (TPSA) is 18.5 Å². The summed E-state index contributed by atoms with van der Waals surface area (Å²) in [5.41, 5.74) is 1.10. The van der Waals surface area contributed by atoms with Gasteiger partial charge >= 0.3 is 7.12 Å². The molecule has 4 heteroatoms. The van der Waals surface area contributed by atoms with Crippen LogP contribution in [0.5, 0.6) is 0 Å². The third-order valence-corrected chi connectivity index (χ3v) is 4.21. The molecule has 0 spiro atoms. The summed E-state index contributed by atoms with van der Waals surface area (Å²) < 4.78 is 12.9. The molecule has 0 radical (unpaired) electrons. The smallest absolute Gasteiger partial charge is 0.407 e. The first-order valence-electron chi connectivity index (χ1n) is 7.35. The van der Waals surface area contributed by atoms with Gasteiger partial charge in [0.25, 0.3) is 0 Å². The van der Waals surface area contributed by atoms with Crippen LogP contribution in [-0.4, -0.2) is 20.3 Å². The van der Waals surface area contributed by atoms with Gasteiger partial charge in [-0.1, -0.05) is 66.2 Å². The molecule has 19 heavy (non-hydrogen) atoms. The summed E-state index contributed by atoms with van der Waals surface area (Å²) in [5.74, 6) is 0. The van der Waals surface area contributed by atoms with Crippen LogP contribution in [0.25, 0.3) is 0 Å². The first-order chi connectivity index (χ1) is 9.38. The van der Waals surface area contributed by atoms with Gasteiger partial charge in [0.15, 0.2) is 0 Å². The molecule has 1 aromatic rings. The lowest BCUT2D eigenvalue weighted by Gasteiger charge is -2.17. The number of halogens is 1. The van der Waals surface area contributed by atoms with Gasteiger partial charge in [-0.05, 0) is 24.4 Å². The van der Waals surface area contributed by atoms with E-state index in [4.69, 9.17) is 9.31 Å². The van der Waals surface area contributed by atoms with Gasteiger partial charge in [0.1, 0.15) is 0 Å². The third kappa shape index (κ3) is 5.29. The monoisotopic (exact) mass is 324 g/mol. The lowest BCUT2D eigenvalue weighted by atomic mass is 9.78. The van der Waals surface area contributed by atoms with Gasteiger partial charge in [0, 0.05) is 17.7 Å². The summed E-state index contributed by atoms with van der Waals surface area (Å²) in [5, 5.41) is 0. The predicted molar refractivity (Wildman–Crippen MR) is 83.8 cm³/mol. The summed E-state index contributed by atoms with van der Waals surface area (Å²) in [6, 6.07) is 8.16. The van der Waals surface area contributed by atoms with E-state index in [1.165, 1.54) is 32.1 Å². The van der Waals surface area contributed by atoms with Gasteiger partial charge in [-0.15, -0.1) is 0 Å². The second-order valence-corrected chi connectivity index (χ2v) is 5.92. The Balaban J connectivity index is 1.97. The molecule has 2 rings (SSSR count). The van der Waals surface area contributed by atoms with Crippen molar-refractivity contribution in [3.63, 3.8) is 0 Å². The maximum absolute atomic E-state index is 5.93. The van der Waals surface area contributed by atoms with E-state index in [0.717, 1.165) is 36.0 Å². The molecule has 0 aromatic heterocycles. The molecule has 0 aliphatic carbocycles. The molecule has 0 N–H and O–H groups in total. The molecule has 0 amide bonds. The van der Waals surface area contributed by atoms with E-state index < -0.39 is 0 Å². The molecule has 1 fully saturated rings. The molecule has 0 unspecified atom stereocenters. The molecular weight excluding hydrogens is 303 g/mol. The molecule has 1 aliphatic heterocycles. The first-order valence-corrected chi connectivity index (χ1v) is 8.15. The zero-order valence-electron chi connectivity index (χ0n) is 11.4. The van der Waals surface area contributed by atoms with Crippen LogP contribution in [-0.2, 0) is 9.31 Å². The van der Waals surface area contributed by atoms with Crippen LogP contribution in [0.2, 0.25) is 0 Å². The highest BCUT2D eigenvalue weighted by molar-refractivity contribution is 9.10. The van der Waals surface area contributed by atoms with Gasteiger partial charge < -0.3 is 9.31 Å². The van der Waals surface area contributed by atoms with E-state index in [2.05, 4.69) is 22.0 Å². The average Bonchev–Trinajstić information content (AvgIpc) is 2.40. The Bertz CT molecular complexity index is 361. The zero-order valence-corrected chi connectivity index (χ0v) is 13.0.